The van der Waals surface area contributed by atoms with Crippen LogP contribution in [-0.4, -0.2) is 18.5 Å². The maximum Gasteiger partial charge on any atom is 0.317 e. The van der Waals surface area contributed by atoms with E-state index in [4.69, 9.17) is 5.73 Å². The number of esters is 2. The third-order valence-corrected chi connectivity index (χ3v) is 3.44. The first-order chi connectivity index (χ1) is 11.2. The van der Waals surface area contributed by atoms with Crippen LogP contribution in [0.1, 0.15) is 57.8 Å². The first kappa shape index (κ1) is 21.3. The molecule has 0 aromatic carbocycles. The second kappa shape index (κ2) is 15.2. The second-order valence-corrected chi connectivity index (χ2v) is 5.55. The van der Waals surface area contributed by atoms with Gasteiger partial charge in [-0.1, -0.05) is 30.7 Å². The maximum atomic E-state index is 11.1. The van der Waals surface area contributed by atoms with Gasteiger partial charge in [0.25, 0.3) is 0 Å². The topological polar surface area (TPSA) is 69.4 Å². The number of cyclic esters (lactones) is 2. The highest BCUT2D eigenvalue weighted by Crippen LogP contribution is 2.19. The first-order valence-electron chi connectivity index (χ1n) is 8.47. The van der Waals surface area contributed by atoms with Crippen molar-refractivity contribution in [1.82, 2.24) is 0 Å². The smallest absolute Gasteiger partial charge is 0.317 e. The summed E-state index contributed by atoms with van der Waals surface area (Å²) >= 11 is 0. The lowest BCUT2D eigenvalue weighted by atomic mass is 10.0. The van der Waals surface area contributed by atoms with Gasteiger partial charge in [0, 0.05) is 0 Å². The Morgan fingerprint density at radius 1 is 1.00 bits per heavy atom. The van der Waals surface area contributed by atoms with Crippen molar-refractivity contribution in [2.45, 2.75) is 57.8 Å². The van der Waals surface area contributed by atoms with E-state index >= 15 is 0 Å². The number of carbonyl (C=O) groups excluding carboxylic acids is 2. The fourth-order valence-electron chi connectivity index (χ4n) is 2.07. The number of hydrogen-bond acceptors (Lipinski definition) is 4. The molecule has 23 heavy (non-hydrogen) atoms. The highest BCUT2D eigenvalue weighted by molar-refractivity contribution is 5.94. The quantitative estimate of drug-likeness (QED) is 0.269. The summed E-state index contributed by atoms with van der Waals surface area (Å²) in [5, 5.41) is 0. The van der Waals surface area contributed by atoms with E-state index in [0.717, 1.165) is 38.6 Å². The third-order valence-electron chi connectivity index (χ3n) is 3.44. The standard InChI is InChI=1S/C12H16O3.C7H15N/c1-2-3-4-5-6-7-8-10-9-11(13)15-12(10)14;1-2-3-4-5-6-7-8/h2,6-7,10H,1,3-5,8-9H2;2H,1,3-8H2. The second-order valence-electron chi connectivity index (χ2n) is 5.55. The number of nitrogens with two attached hydrogens (primary N) is 1. The minimum Gasteiger partial charge on any atom is -0.393 e. The minimum absolute atomic E-state index is 0.232. The van der Waals surface area contributed by atoms with Crippen molar-refractivity contribution in [1.29, 1.82) is 0 Å². The molecule has 1 heterocycles. The van der Waals surface area contributed by atoms with Crippen LogP contribution < -0.4 is 5.73 Å². The van der Waals surface area contributed by atoms with Crippen LogP contribution in [0, 0.1) is 5.92 Å². The lowest BCUT2D eigenvalue weighted by molar-refractivity contribution is -0.153. The van der Waals surface area contributed by atoms with Gasteiger partial charge in [-0.15, -0.1) is 13.2 Å². The van der Waals surface area contributed by atoms with Gasteiger partial charge >= 0.3 is 11.9 Å². The molecule has 1 rings (SSSR count). The van der Waals surface area contributed by atoms with Gasteiger partial charge in [0.1, 0.15) is 0 Å². The lowest BCUT2D eigenvalue weighted by Gasteiger charge is -1.97. The minimum atomic E-state index is -0.398. The Morgan fingerprint density at radius 3 is 2.26 bits per heavy atom. The van der Waals surface area contributed by atoms with Gasteiger partial charge in [-0.25, -0.2) is 0 Å². The predicted molar refractivity (Wildman–Crippen MR) is 94.7 cm³/mol. The normalized spacial score (nSPS) is 16.8. The molecule has 1 atom stereocenters. The summed E-state index contributed by atoms with van der Waals surface area (Å²) in [4.78, 5) is 21.8. The van der Waals surface area contributed by atoms with Gasteiger partial charge in [-0.3, -0.25) is 9.59 Å². The summed E-state index contributed by atoms with van der Waals surface area (Å²) in [6.45, 7) is 8.09. The molecule has 130 valence electrons. The highest BCUT2D eigenvalue weighted by atomic mass is 16.6. The molecule has 0 aromatic heterocycles. The number of carbonyl (C=O) groups is 2. The van der Waals surface area contributed by atoms with E-state index < -0.39 is 5.97 Å². The van der Waals surface area contributed by atoms with Gasteiger partial charge in [0.05, 0.1) is 12.3 Å². The van der Waals surface area contributed by atoms with Crippen LogP contribution in [0.25, 0.3) is 0 Å². The molecule has 0 bridgehead atoms. The maximum absolute atomic E-state index is 11.1. The van der Waals surface area contributed by atoms with E-state index in [2.05, 4.69) is 17.9 Å². The van der Waals surface area contributed by atoms with Gasteiger partial charge in [0.15, 0.2) is 0 Å². The average Bonchev–Trinajstić information content (AvgIpc) is 2.86. The van der Waals surface area contributed by atoms with E-state index in [0.29, 0.717) is 6.42 Å². The van der Waals surface area contributed by atoms with Crippen LogP contribution >= 0.6 is 0 Å². The number of allylic oxidation sites excluding steroid dienone is 4. The zero-order chi connectivity index (χ0) is 17.3. The summed E-state index contributed by atoms with van der Waals surface area (Å²) in [6.07, 6.45) is 16.6. The molecule has 1 saturated heterocycles. The monoisotopic (exact) mass is 321 g/mol. The Bertz CT molecular complexity index is 388. The number of unbranched alkanes of at least 4 members (excludes halogenated alkanes) is 5. The van der Waals surface area contributed by atoms with Crippen molar-refractivity contribution in [3.63, 3.8) is 0 Å². The van der Waals surface area contributed by atoms with Crippen molar-refractivity contribution >= 4 is 11.9 Å². The molecule has 0 radical (unpaired) electrons. The Morgan fingerprint density at radius 2 is 1.70 bits per heavy atom. The fourth-order valence-corrected chi connectivity index (χ4v) is 2.07. The van der Waals surface area contributed by atoms with Crippen molar-refractivity contribution in [2.75, 3.05) is 6.54 Å². The third kappa shape index (κ3) is 12.5. The molecular weight excluding hydrogens is 290 g/mol. The van der Waals surface area contributed by atoms with Crippen molar-refractivity contribution < 1.29 is 14.3 Å². The molecule has 0 aliphatic carbocycles. The van der Waals surface area contributed by atoms with Crippen LogP contribution in [0.4, 0.5) is 0 Å². The molecular formula is C19H31NO3. The lowest BCUT2D eigenvalue weighted by Crippen LogP contribution is -2.05. The summed E-state index contributed by atoms with van der Waals surface area (Å²) < 4.78 is 4.44. The van der Waals surface area contributed by atoms with Crippen molar-refractivity contribution in [2.24, 2.45) is 11.7 Å². The van der Waals surface area contributed by atoms with Crippen LogP contribution in [0.5, 0.6) is 0 Å². The van der Waals surface area contributed by atoms with Gasteiger partial charge in [-0.2, -0.15) is 0 Å². The molecule has 2 N–H and O–H groups in total. The average molecular weight is 321 g/mol. The summed E-state index contributed by atoms with van der Waals surface area (Å²) in [6, 6.07) is 0. The Kier molecular flexibility index (Phi) is 14.1. The van der Waals surface area contributed by atoms with Gasteiger partial charge < -0.3 is 10.5 Å². The van der Waals surface area contributed by atoms with Crippen molar-refractivity contribution in [3.05, 3.63) is 37.5 Å². The van der Waals surface area contributed by atoms with Crippen LogP contribution in [0.15, 0.2) is 37.5 Å². The molecule has 0 spiro atoms. The SMILES string of the molecule is C=CCCCC=CCC1CC(=O)OC1=O.C=CCCCCCN. The van der Waals surface area contributed by atoms with Gasteiger partial charge in [-0.05, 0) is 51.5 Å². The number of ether oxygens (including phenoxy) is 1. The van der Waals surface area contributed by atoms with E-state index in [1.54, 1.807) is 0 Å². The zero-order valence-corrected chi connectivity index (χ0v) is 14.2. The van der Waals surface area contributed by atoms with Crippen LogP contribution in [0.3, 0.4) is 0 Å². The molecule has 1 aliphatic rings. The van der Waals surface area contributed by atoms with Crippen LogP contribution in [0.2, 0.25) is 0 Å². The van der Waals surface area contributed by atoms with Crippen molar-refractivity contribution in [3.8, 4) is 0 Å². The summed E-state index contributed by atoms with van der Waals surface area (Å²) in [5.41, 5.74) is 5.28. The fraction of sp³-hybridized carbons (Fsp3) is 0.579. The van der Waals surface area contributed by atoms with E-state index in [9.17, 15) is 9.59 Å². The Hall–Kier alpha value is -1.68. The molecule has 4 nitrogen and oxygen atoms in total. The molecule has 1 fully saturated rings. The van der Waals surface area contributed by atoms with E-state index in [1.165, 1.54) is 12.8 Å². The zero-order valence-electron chi connectivity index (χ0n) is 14.2. The van der Waals surface area contributed by atoms with Gasteiger partial charge in [0.2, 0.25) is 0 Å². The summed E-state index contributed by atoms with van der Waals surface area (Å²) in [5.74, 6) is -1.03. The Balaban J connectivity index is 0.000000515. The summed E-state index contributed by atoms with van der Waals surface area (Å²) in [7, 11) is 0. The molecule has 0 amide bonds. The van der Waals surface area contributed by atoms with E-state index in [1.807, 2.05) is 24.3 Å². The first-order valence-corrected chi connectivity index (χ1v) is 8.47. The number of rotatable bonds is 11. The molecule has 0 saturated carbocycles. The van der Waals surface area contributed by atoms with Crippen LogP contribution in [-0.2, 0) is 14.3 Å². The molecule has 1 unspecified atom stereocenters. The Labute approximate surface area is 140 Å². The van der Waals surface area contributed by atoms with E-state index in [-0.39, 0.29) is 18.3 Å². The number of hydrogen-bond donors (Lipinski definition) is 1. The highest BCUT2D eigenvalue weighted by Gasteiger charge is 2.31. The predicted octanol–water partition coefficient (Wildman–Crippen LogP) is 4.07. The molecule has 1 aliphatic heterocycles. The molecule has 0 aromatic rings. The molecule has 4 heteroatoms. The largest absolute Gasteiger partial charge is 0.393 e.